The Hall–Kier alpha value is -2.29. The number of hydrogen-bond donors (Lipinski definition) is 1. The molecule has 0 aromatic heterocycles. The van der Waals surface area contributed by atoms with Gasteiger partial charge in [-0.15, -0.1) is 0 Å². The molecule has 28 heavy (non-hydrogen) atoms. The molecule has 0 unspecified atom stereocenters. The Bertz CT molecular complexity index is 876. The summed E-state index contributed by atoms with van der Waals surface area (Å²) in [5.41, 5.74) is 1.41. The molecule has 0 atom stereocenters. The van der Waals surface area contributed by atoms with Gasteiger partial charge in [0.05, 0.1) is 17.9 Å². The molecule has 2 fully saturated rings. The second-order valence-electron chi connectivity index (χ2n) is 7.67. The number of amides is 2. The molecule has 1 aliphatic carbocycles. The quantitative estimate of drug-likeness (QED) is 0.793. The normalized spacial score (nSPS) is 21.5. The van der Waals surface area contributed by atoms with Crippen molar-refractivity contribution >= 4 is 33.4 Å². The Morgan fingerprint density at radius 1 is 1.07 bits per heavy atom. The van der Waals surface area contributed by atoms with Crippen molar-refractivity contribution in [2.24, 2.45) is 5.92 Å². The van der Waals surface area contributed by atoms with E-state index >= 15 is 0 Å². The molecule has 2 aliphatic heterocycles. The summed E-state index contributed by atoms with van der Waals surface area (Å²) in [6.07, 6.45) is 3.06. The Balaban J connectivity index is 1.36. The number of nitrogens with one attached hydrogen (secondary N) is 1. The van der Waals surface area contributed by atoms with Gasteiger partial charge < -0.3 is 10.2 Å². The molecule has 0 radical (unpaired) electrons. The van der Waals surface area contributed by atoms with Crippen LogP contribution in [-0.4, -0.2) is 57.4 Å². The van der Waals surface area contributed by atoms with Crippen LogP contribution >= 0.6 is 0 Å². The topological polar surface area (TPSA) is 90.0 Å². The summed E-state index contributed by atoms with van der Waals surface area (Å²) in [5.74, 6) is -0.148. The third kappa shape index (κ3) is 3.43. The highest BCUT2D eigenvalue weighted by Crippen LogP contribution is 2.46. The summed E-state index contributed by atoms with van der Waals surface area (Å²) in [7, 11) is -3.59. The Morgan fingerprint density at radius 3 is 2.32 bits per heavy atom. The van der Waals surface area contributed by atoms with Gasteiger partial charge in [0, 0.05) is 38.5 Å². The van der Waals surface area contributed by atoms with Gasteiger partial charge in [-0.2, -0.15) is 8.42 Å². The monoisotopic (exact) mass is 406 g/mol. The second kappa shape index (κ2) is 7.27. The average molecular weight is 407 g/mol. The van der Waals surface area contributed by atoms with Crippen LogP contribution in [0.3, 0.4) is 0 Å². The van der Waals surface area contributed by atoms with Gasteiger partial charge in [-0.25, -0.2) is 8.61 Å². The van der Waals surface area contributed by atoms with Crippen LogP contribution in [0.4, 0.5) is 11.4 Å². The average Bonchev–Trinajstić information content (AvgIpc) is 3.47. The van der Waals surface area contributed by atoms with Crippen molar-refractivity contribution in [2.45, 2.75) is 38.6 Å². The third-order valence-corrected chi connectivity index (χ3v) is 7.65. The van der Waals surface area contributed by atoms with Crippen molar-refractivity contribution in [3.63, 3.8) is 0 Å². The van der Waals surface area contributed by atoms with Gasteiger partial charge in [-0.1, -0.05) is 12.1 Å². The summed E-state index contributed by atoms with van der Waals surface area (Å²) in [6, 6.07) is 7.39. The van der Waals surface area contributed by atoms with Crippen LogP contribution in [0.5, 0.6) is 0 Å². The first kappa shape index (κ1) is 19.0. The number of likely N-dealkylation sites (tertiary alicyclic amines) is 1. The predicted octanol–water partition coefficient (Wildman–Crippen LogP) is 1.09. The van der Waals surface area contributed by atoms with E-state index in [9.17, 15) is 18.0 Å². The fraction of sp³-hybridized carbons (Fsp3) is 0.579. The molecule has 0 bridgehead atoms. The van der Waals surface area contributed by atoms with Gasteiger partial charge in [0.2, 0.25) is 11.8 Å². The van der Waals surface area contributed by atoms with Gasteiger partial charge in [-0.3, -0.25) is 9.59 Å². The fourth-order valence-electron chi connectivity index (χ4n) is 4.03. The molecule has 8 nitrogen and oxygen atoms in total. The van der Waals surface area contributed by atoms with Crippen LogP contribution in [0.2, 0.25) is 0 Å². The molecule has 152 valence electrons. The highest BCUT2D eigenvalue weighted by Gasteiger charge is 2.47. The third-order valence-electron chi connectivity index (χ3n) is 5.72. The van der Waals surface area contributed by atoms with E-state index in [0.717, 1.165) is 18.5 Å². The number of carbonyl (C=O) groups excluding carboxylic acids is 2. The Morgan fingerprint density at radius 2 is 1.71 bits per heavy atom. The maximum absolute atomic E-state index is 13.0. The van der Waals surface area contributed by atoms with E-state index in [1.807, 2.05) is 24.3 Å². The molecular formula is C19H26N4O4S. The number of benzene rings is 1. The molecule has 1 N–H and O–H groups in total. The Kier molecular flexibility index (Phi) is 4.95. The summed E-state index contributed by atoms with van der Waals surface area (Å²) < 4.78 is 29.0. The van der Waals surface area contributed by atoms with Gasteiger partial charge in [-0.05, 0) is 37.8 Å². The molecule has 4 rings (SSSR count). The molecule has 9 heteroatoms. The summed E-state index contributed by atoms with van der Waals surface area (Å²) in [6.45, 7) is 3.20. The van der Waals surface area contributed by atoms with E-state index in [1.54, 1.807) is 11.8 Å². The van der Waals surface area contributed by atoms with Crippen molar-refractivity contribution in [2.75, 3.05) is 34.8 Å². The summed E-state index contributed by atoms with van der Waals surface area (Å²) >= 11 is 0. The van der Waals surface area contributed by atoms with Crippen LogP contribution in [0, 0.1) is 5.92 Å². The summed E-state index contributed by atoms with van der Waals surface area (Å²) in [5, 5.41) is 2.88. The van der Waals surface area contributed by atoms with Gasteiger partial charge in [0.1, 0.15) is 0 Å². The van der Waals surface area contributed by atoms with Crippen LogP contribution in [0.25, 0.3) is 0 Å². The number of piperidine rings is 1. The zero-order chi connectivity index (χ0) is 19.9. The van der Waals surface area contributed by atoms with Gasteiger partial charge in [0.15, 0.2) is 0 Å². The van der Waals surface area contributed by atoms with Crippen molar-refractivity contribution in [1.82, 2.24) is 10.2 Å². The number of anilines is 2. The fourth-order valence-corrected chi connectivity index (χ4v) is 5.96. The number of hydrogen-bond acceptors (Lipinski definition) is 4. The molecule has 2 heterocycles. The van der Waals surface area contributed by atoms with E-state index in [2.05, 4.69) is 5.32 Å². The van der Waals surface area contributed by atoms with Gasteiger partial charge in [0.25, 0.3) is 0 Å². The molecule has 1 aromatic carbocycles. The highest BCUT2D eigenvalue weighted by molar-refractivity contribution is 7.94. The summed E-state index contributed by atoms with van der Waals surface area (Å²) in [4.78, 5) is 25.6. The molecule has 1 saturated heterocycles. The largest absolute Gasteiger partial charge is 0.354 e. The lowest BCUT2D eigenvalue weighted by Crippen LogP contribution is -2.45. The van der Waals surface area contributed by atoms with Crippen LogP contribution < -0.4 is 13.9 Å². The van der Waals surface area contributed by atoms with Crippen LogP contribution in [-0.2, 0) is 19.8 Å². The second-order valence-corrected chi connectivity index (χ2v) is 9.40. The molecular weight excluding hydrogens is 380 g/mol. The number of nitrogens with zero attached hydrogens (tertiary/aromatic N) is 3. The number of rotatable bonds is 5. The SMILES string of the molecule is CC(=O)N1CCC(C(=O)NCCN2c3ccccc3N(C3CC3)S2(=O)=O)CC1. The lowest BCUT2D eigenvalue weighted by molar-refractivity contribution is -0.133. The van der Waals surface area contributed by atoms with E-state index in [4.69, 9.17) is 0 Å². The maximum atomic E-state index is 13.0. The van der Waals surface area contributed by atoms with Crippen LogP contribution in [0.1, 0.15) is 32.6 Å². The molecule has 1 aromatic rings. The van der Waals surface area contributed by atoms with Crippen molar-refractivity contribution in [1.29, 1.82) is 0 Å². The first-order valence-corrected chi connectivity index (χ1v) is 11.2. The van der Waals surface area contributed by atoms with Crippen molar-refractivity contribution in [3.05, 3.63) is 24.3 Å². The lowest BCUT2D eigenvalue weighted by atomic mass is 9.96. The Labute approximate surface area is 165 Å². The zero-order valence-electron chi connectivity index (χ0n) is 16.0. The highest BCUT2D eigenvalue weighted by atomic mass is 32.2. The van der Waals surface area contributed by atoms with E-state index in [1.165, 1.54) is 8.61 Å². The standard InChI is InChI=1S/C19H26N4O4S/c1-14(24)21-11-8-15(9-12-21)19(25)20-10-13-22-17-4-2-3-5-18(17)23(16-6-7-16)28(22,26)27/h2-5,15-16H,6-13H2,1H3,(H,20,25). The number of fused-ring (bicyclic) bond motifs is 1. The first-order valence-electron chi connectivity index (χ1n) is 9.84. The minimum Gasteiger partial charge on any atom is -0.354 e. The van der Waals surface area contributed by atoms with E-state index in [-0.39, 0.29) is 36.9 Å². The molecule has 0 spiro atoms. The number of para-hydroxylation sites is 2. The molecule has 2 amide bonds. The maximum Gasteiger partial charge on any atom is 0.326 e. The lowest BCUT2D eigenvalue weighted by Gasteiger charge is -2.30. The minimum absolute atomic E-state index is 0.0389. The van der Waals surface area contributed by atoms with Crippen molar-refractivity contribution in [3.8, 4) is 0 Å². The zero-order valence-corrected chi connectivity index (χ0v) is 16.8. The van der Waals surface area contributed by atoms with E-state index < -0.39 is 10.2 Å². The van der Waals surface area contributed by atoms with Crippen molar-refractivity contribution < 1.29 is 18.0 Å². The number of carbonyl (C=O) groups is 2. The van der Waals surface area contributed by atoms with Crippen LogP contribution in [0.15, 0.2) is 24.3 Å². The van der Waals surface area contributed by atoms with E-state index in [0.29, 0.717) is 31.6 Å². The molecule has 1 saturated carbocycles. The predicted molar refractivity (Wildman–Crippen MR) is 106 cm³/mol. The van der Waals surface area contributed by atoms with Gasteiger partial charge >= 0.3 is 10.2 Å². The minimum atomic E-state index is -3.59. The first-order chi connectivity index (χ1) is 13.4. The molecule has 3 aliphatic rings. The smallest absolute Gasteiger partial charge is 0.326 e.